The zero-order valence-corrected chi connectivity index (χ0v) is 41.3. The van der Waals surface area contributed by atoms with E-state index in [1.807, 2.05) is 60.8 Å². The maximum atomic E-state index is 13.3. The van der Waals surface area contributed by atoms with E-state index in [1.54, 1.807) is 6.08 Å². The van der Waals surface area contributed by atoms with Gasteiger partial charge in [0.2, 0.25) is 5.91 Å². The second kappa shape index (κ2) is 43.1. The molecule has 0 saturated carbocycles. The fraction of sp³-hybridized carbons (Fsp3) is 0.709. The van der Waals surface area contributed by atoms with E-state index >= 15 is 0 Å². The van der Waals surface area contributed by atoms with Gasteiger partial charge in [-0.2, -0.15) is 0 Å². The Bertz CT molecular complexity index is 1390. The first-order chi connectivity index (χ1) is 32.2. The summed E-state index contributed by atoms with van der Waals surface area (Å²) in [5.74, 6) is -1.32. The standard InChI is InChI=1S/C55H93NO10/c1-4-7-10-13-16-19-22-25-28-31-34-37-40-43-50(60)66-53-52(62)51(61)49(44-57)65-55(53)64-45-46(47(58)41-38-35-32-29-26-23-20-17-14-11-8-5-2)56-54(63)48(59)42-39-36-33-30-27-24-21-18-15-12-9-6-3/h9,12,15,18,21,24-25,27-28,30,34,37-38,41,46-49,51-53,55,57-59,61-62H,4-8,10-11,13-14,16-17,19-20,22-23,26,29,31-33,35-36,39-40,42-45H2,1-3H3,(H,56,63)/b12-9+,18-15+,24-21-,28-25-,30-27-,37-34+,41-38+. The third kappa shape index (κ3) is 31.7. The Kier molecular flexibility index (Phi) is 39.8. The molecule has 6 N–H and O–H groups in total. The highest BCUT2D eigenvalue weighted by Gasteiger charge is 2.47. The van der Waals surface area contributed by atoms with Gasteiger partial charge in [0, 0.05) is 6.42 Å². The molecule has 1 rings (SSSR count). The molecule has 1 amide bonds. The van der Waals surface area contributed by atoms with Crippen molar-refractivity contribution in [1.29, 1.82) is 0 Å². The van der Waals surface area contributed by atoms with E-state index in [-0.39, 0.29) is 19.4 Å². The van der Waals surface area contributed by atoms with Crippen molar-refractivity contribution in [2.24, 2.45) is 0 Å². The molecule has 1 aliphatic rings. The summed E-state index contributed by atoms with van der Waals surface area (Å²) in [6.07, 6.45) is 43.7. The molecule has 0 spiro atoms. The lowest BCUT2D eigenvalue weighted by Crippen LogP contribution is -2.61. The normalized spacial score (nSPS) is 20.9. The SMILES string of the molecule is CC/C=C/C=C/C=C\C=C/CCCCC(O)C(=O)NC(COC1OC(CO)C(O)C(O)C1OC(=O)CC/C=C/C/C=C\CCCCCCCC)C(O)/C=C/CCCCCCCCCCCC. The molecular weight excluding hydrogens is 835 g/mol. The van der Waals surface area contributed by atoms with E-state index in [0.29, 0.717) is 12.8 Å². The van der Waals surface area contributed by atoms with Crippen molar-refractivity contribution in [1.82, 2.24) is 5.32 Å². The van der Waals surface area contributed by atoms with Crippen molar-refractivity contribution in [3.05, 3.63) is 85.1 Å². The van der Waals surface area contributed by atoms with Crippen LogP contribution in [0.3, 0.4) is 0 Å². The molecule has 378 valence electrons. The maximum absolute atomic E-state index is 13.3. The van der Waals surface area contributed by atoms with Gasteiger partial charge in [0.1, 0.15) is 24.4 Å². The average molecular weight is 928 g/mol. The van der Waals surface area contributed by atoms with Gasteiger partial charge in [0.05, 0.1) is 25.4 Å². The summed E-state index contributed by atoms with van der Waals surface area (Å²) in [6.45, 7) is 5.53. The Hall–Kier alpha value is -3.16. The molecule has 1 aliphatic heterocycles. The highest BCUT2D eigenvalue weighted by molar-refractivity contribution is 5.80. The summed E-state index contributed by atoms with van der Waals surface area (Å²) in [5, 5.41) is 56.5. The Balaban J connectivity index is 2.86. The largest absolute Gasteiger partial charge is 0.454 e. The molecule has 66 heavy (non-hydrogen) atoms. The minimum Gasteiger partial charge on any atom is -0.454 e. The predicted octanol–water partition coefficient (Wildman–Crippen LogP) is 10.7. The Labute approximate surface area is 400 Å². The summed E-state index contributed by atoms with van der Waals surface area (Å²) >= 11 is 0. The summed E-state index contributed by atoms with van der Waals surface area (Å²) in [4.78, 5) is 26.3. The monoisotopic (exact) mass is 928 g/mol. The van der Waals surface area contributed by atoms with Crippen molar-refractivity contribution in [3.8, 4) is 0 Å². The molecule has 0 aromatic rings. The van der Waals surface area contributed by atoms with Crippen LogP contribution < -0.4 is 5.32 Å². The first-order valence-corrected chi connectivity index (χ1v) is 25.9. The minimum atomic E-state index is -1.64. The average Bonchev–Trinajstić information content (AvgIpc) is 3.31. The maximum Gasteiger partial charge on any atom is 0.306 e. The van der Waals surface area contributed by atoms with Crippen molar-refractivity contribution >= 4 is 11.9 Å². The first-order valence-electron chi connectivity index (χ1n) is 25.9. The molecule has 1 heterocycles. The van der Waals surface area contributed by atoms with Gasteiger partial charge in [-0.25, -0.2) is 0 Å². The quantitative estimate of drug-likeness (QED) is 0.0150. The lowest BCUT2D eigenvalue weighted by molar-refractivity contribution is -0.305. The zero-order chi connectivity index (χ0) is 48.3. The lowest BCUT2D eigenvalue weighted by Gasteiger charge is -2.41. The van der Waals surface area contributed by atoms with Crippen LogP contribution in [0.2, 0.25) is 0 Å². The predicted molar refractivity (Wildman–Crippen MR) is 269 cm³/mol. The third-order valence-electron chi connectivity index (χ3n) is 11.6. The van der Waals surface area contributed by atoms with Gasteiger partial charge in [-0.3, -0.25) is 9.59 Å². The summed E-state index contributed by atoms with van der Waals surface area (Å²) < 4.78 is 17.4. The van der Waals surface area contributed by atoms with E-state index in [1.165, 1.54) is 83.5 Å². The van der Waals surface area contributed by atoms with Crippen LogP contribution in [0.5, 0.6) is 0 Å². The summed E-state index contributed by atoms with van der Waals surface area (Å²) in [5.41, 5.74) is 0. The van der Waals surface area contributed by atoms with E-state index in [2.05, 4.69) is 44.3 Å². The molecule has 11 heteroatoms. The van der Waals surface area contributed by atoms with Gasteiger partial charge < -0.3 is 45.1 Å². The molecular formula is C55H93NO10. The van der Waals surface area contributed by atoms with Gasteiger partial charge in [0.15, 0.2) is 12.4 Å². The van der Waals surface area contributed by atoms with Crippen molar-refractivity contribution in [2.75, 3.05) is 13.2 Å². The number of nitrogens with one attached hydrogen (secondary N) is 1. The van der Waals surface area contributed by atoms with E-state index in [0.717, 1.165) is 57.8 Å². The second-order valence-corrected chi connectivity index (χ2v) is 17.6. The molecule has 0 aromatic heterocycles. The highest BCUT2D eigenvalue weighted by Crippen LogP contribution is 2.26. The fourth-order valence-corrected chi connectivity index (χ4v) is 7.48. The van der Waals surface area contributed by atoms with Crippen LogP contribution in [0.1, 0.15) is 188 Å². The number of hydrogen-bond donors (Lipinski definition) is 6. The summed E-state index contributed by atoms with van der Waals surface area (Å²) in [7, 11) is 0. The molecule has 8 atom stereocenters. The molecule has 11 nitrogen and oxygen atoms in total. The lowest BCUT2D eigenvalue weighted by atomic mass is 9.99. The molecule has 8 unspecified atom stereocenters. The van der Waals surface area contributed by atoms with E-state index in [9.17, 15) is 35.1 Å². The van der Waals surface area contributed by atoms with Crippen LogP contribution >= 0.6 is 0 Å². The molecule has 1 saturated heterocycles. The number of aliphatic hydroxyl groups excluding tert-OH is 5. The molecule has 0 radical (unpaired) electrons. The van der Waals surface area contributed by atoms with Crippen LogP contribution in [0.25, 0.3) is 0 Å². The van der Waals surface area contributed by atoms with Gasteiger partial charge in [-0.05, 0) is 64.2 Å². The third-order valence-corrected chi connectivity index (χ3v) is 11.6. The fourth-order valence-electron chi connectivity index (χ4n) is 7.48. The summed E-state index contributed by atoms with van der Waals surface area (Å²) in [6, 6.07) is -1.06. The number of amides is 1. The van der Waals surface area contributed by atoms with Gasteiger partial charge >= 0.3 is 5.97 Å². The van der Waals surface area contributed by atoms with Crippen molar-refractivity contribution < 1.29 is 49.3 Å². The zero-order valence-electron chi connectivity index (χ0n) is 41.3. The Morgan fingerprint density at radius 3 is 1.76 bits per heavy atom. The molecule has 1 fully saturated rings. The number of carbonyl (C=O) groups excluding carboxylic acids is 2. The highest BCUT2D eigenvalue weighted by atomic mass is 16.7. The van der Waals surface area contributed by atoms with Crippen LogP contribution in [0, 0.1) is 0 Å². The number of unbranched alkanes of at least 4 members (excludes halogenated alkanes) is 18. The van der Waals surface area contributed by atoms with Crippen LogP contribution in [-0.4, -0.2) is 99.6 Å². The Morgan fingerprint density at radius 2 is 1.15 bits per heavy atom. The number of carbonyl (C=O) groups is 2. The van der Waals surface area contributed by atoms with Gasteiger partial charge in [-0.15, -0.1) is 0 Å². The van der Waals surface area contributed by atoms with Gasteiger partial charge in [0.25, 0.3) is 0 Å². The Morgan fingerprint density at radius 1 is 0.621 bits per heavy atom. The molecule has 0 aromatic carbocycles. The second-order valence-electron chi connectivity index (χ2n) is 17.6. The molecule has 0 aliphatic carbocycles. The van der Waals surface area contributed by atoms with Crippen LogP contribution in [0.4, 0.5) is 0 Å². The number of ether oxygens (including phenoxy) is 3. The number of esters is 1. The van der Waals surface area contributed by atoms with Gasteiger partial charge in [-0.1, -0.05) is 202 Å². The van der Waals surface area contributed by atoms with Crippen LogP contribution in [-0.2, 0) is 23.8 Å². The number of rotatable bonds is 41. The molecule has 0 bridgehead atoms. The van der Waals surface area contributed by atoms with E-state index < -0.39 is 67.4 Å². The number of aliphatic hydroxyl groups is 5. The van der Waals surface area contributed by atoms with Crippen molar-refractivity contribution in [2.45, 2.75) is 237 Å². The van der Waals surface area contributed by atoms with Crippen LogP contribution in [0.15, 0.2) is 85.1 Å². The van der Waals surface area contributed by atoms with E-state index in [4.69, 9.17) is 14.2 Å². The number of allylic oxidation sites excluding steroid dienone is 13. The number of hydrogen-bond acceptors (Lipinski definition) is 10. The topological polar surface area (TPSA) is 175 Å². The minimum absolute atomic E-state index is 0.00863. The first kappa shape index (κ1) is 60.9. The van der Waals surface area contributed by atoms with Crippen molar-refractivity contribution in [3.63, 3.8) is 0 Å². The smallest absolute Gasteiger partial charge is 0.306 e.